The maximum Gasteiger partial charge on any atom is 0.157 e. The summed E-state index contributed by atoms with van der Waals surface area (Å²) in [5, 5.41) is 6.59. The second-order valence-electron chi connectivity index (χ2n) is 6.34. The molecule has 2 N–H and O–H groups in total. The van der Waals surface area contributed by atoms with Crippen LogP contribution in [0.1, 0.15) is 11.5 Å². The molecular weight excluding hydrogens is 312 g/mol. The molecule has 0 atom stereocenters. The number of nitrogens with zero attached hydrogens (tertiary/aromatic N) is 2. The highest BCUT2D eigenvalue weighted by molar-refractivity contribution is 5.65. The van der Waals surface area contributed by atoms with E-state index in [1.807, 2.05) is 65.3 Å². The van der Waals surface area contributed by atoms with Gasteiger partial charge in [-0.3, -0.25) is 5.10 Å². The summed E-state index contributed by atoms with van der Waals surface area (Å²) in [4.78, 5) is 4.82. The Hall–Kier alpha value is -3.05. The van der Waals surface area contributed by atoms with Gasteiger partial charge in [-0.15, -0.1) is 0 Å². The molecule has 25 heavy (non-hydrogen) atoms. The standard InChI is InChI=1S/C20H18N4O/c1-2-4-16(5-3-1)25-17-8-6-14(7-9-17)19-13-24-20(23-19)18(12-22-24)15-10-21-11-15/h1-9,12-13,15,21-22H,10-11H2. The Morgan fingerprint density at radius 1 is 0.960 bits per heavy atom. The van der Waals surface area contributed by atoms with Crippen molar-refractivity contribution in [1.29, 1.82) is 0 Å². The monoisotopic (exact) mass is 330 g/mol. The van der Waals surface area contributed by atoms with E-state index in [-0.39, 0.29) is 0 Å². The van der Waals surface area contributed by atoms with Crippen molar-refractivity contribution in [2.45, 2.75) is 5.92 Å². The van der Waals surface area contributed by atoms with Crippen LogP contribution in [0.25, 0.3) is 16.9 Å². The number of fused-ring (bicyclic) bond motifs is 1. The van der Waals surface area contributed by atoms with Gasteiger partial charge >= 0.3 is 0 Å². The molecule has 0 aliphatic carbocycles. The molecule has 2 aromatic carbocycles. The van der Waals surface area contributed by atoms with Gasteiger partial charge in [-0.05, 0) is 36.4 Å². The Kier molecular flexibility index (Phi) is 3.31. The van der Waals surface area contributed by atoms with E-state index >= 15 is 0 Å². The number of imidazole rings is 1. The van der Waals surface area contributed by atoms with Crippen molar-refractivity contribution in [2.75, 3.05) is 13.1 Å². The van der Waals surface area contributed by atoms with Crippen molar-refractivity contribution in [2.24, 2.45) is 0 Å². The first-order chi connectivity index (χ1) is 12.4. The Balaban J connectivity index is 1.41. The quantitative estimate of drug-likeness (QED) is 0.598. The van der Waals surface area contributed by atoms with Gasteiger partial charge < -0.3 is 10.1 Å². The van der Waals surface area contributed by atoms with Crippen LogP contribution in [0.4, 0.5) is 0 Å². The molecule has 3 heterocycles. The van der Waals surface area contributed by atoms with Gasteiger partial charge in [0.25, 0.3) is 0 Å². The zero-order chi connectivity index (χ0) is 16.6. The molecule has 1 aliphatic heterocycles. The lowest BCUT2D eigenvalue weighted by Crippen LogP contribution is -2.39. The summed E-state index contributed by atoms with van der Waals surface area (Å²) in [7, 11) is 0. The number of hydrogen-bond donors (Lipinski definition) is 2. The maximum atomic E-state index is 5.85. The third kappa shape index (κ3) is 2.58. The lowest BCUT2D eigenvalue weighted by Gasteiger charge is -2.25. The molecule has 1 fully saturated rings. The first-order valence-corrected chi connectivity index (χ1v) is 8.47. The van der Waals surface area contributed by atoms with Crippen LogP contribution in [0.3, 0.4) is 0 Å². The van der Waals surface area contributed by atoms with Crippen molar-refractivity contribution in [1.82, 2.24) is 19.9 Å². The predicted octanol–water partition coefficient (Wildman–Crippen LogP) is 3.81. The SMILES string of the molecule is c1ccc(Oc2ccc(-c3cn4[nH]cc(C5CNC5)c4n3)cc2)cc1. The molecular formula is C20H18N4O. The van der Waals surface area contributed by atoms with Gasteiger partial charge in [-0.25, -0.2) is 9.50 Å². The predicted molar refractivity (Wildman–Crippen MR) is 97.1 cm³/mol. The minimum absolute atomic E-state index is 0.561. The van der Waals surface area contributed by atoms with Gasteiger partial charge in [0, 0.05) is 36.3 Å². The van der Waals surface area contributed by atoms with Crippen LogP contribution in [0.5, 0.6) is 11.5 Å². The third-order valence-electron chi connectivity index (χ3n) is 4.67. The number of rotatable bonds is 4. The molecule has 5 heteroatoms. The van der Waals surface area contributed by atoms with E-state index < -0.39 is 0 Å². The molecule has 0 amide bonds. The molecule has 4 aromatic rings. The van der Waals surface area contributed by atoms with Crippen LogP contribution < -0.4 is 10.1 Å². The molecule has 0 unspecified atom stereocenters. The van der Waals surface area contributed by atoms with Crippen LogP contribution in [-0.2, 0) is 0 Å². The first-order valence-electron chi connectivity index (χ1n) is 8.47. The number of para-hydroxylation sites is 1. The highest BCUT2D eigenvalue weighted by atomic mass is 16.5. The molecule has 0 spiro atoms. The van der Waals surface area contributed by atoms with Crippen LogP contribution in [0, 0.1) is 0 Å². The summed E-state index contributed by atoms with van der Waals surface area (Å²) in [6.45, 7) is 2.06. The Morgan fingerprint density at radius 2 is 1.72 bits per heavy atom. The van der Waals surface area contributed by atoms with Crippen LogP contribution >= 0.6 is 0 Å². The summed E-state index contributed by atoms with van der Waals surface area (Å²) < 4.78 is 7.84. The van der Waals surface area contributed by atoms with Crippen molar-refractivity contribution in [3.05, 3.63) is 72.6 Å². The largest absolute Gasteiger partial charge is 0.457 e. The van der Waals surface area contributed by atoms with Gasteiger partial charge in [0.15, 0.2) is 5.65 Å². The number of nitrogens with one attached hydrogen (secondary N) is 2. The zero-order valence-electron chi connectivity index (χ0n) is 13.6. The van der Waals surface area contributed by atoms with Gasteiger partial charge in [-0.2, -0.15) is 0 Å². The van der Waals surface area contributed by atoms with Gasteiger partial charge in [-0.1, -0.05) is 18.2 Å². The van der Waals surface area contributed by atoms with Crippen molar-refractivity contribution in [3.8, 4) is 22.8 Å². The van der Waals surface area contributed by atoms with E-state index in [9.17, 15) is 0 Å². The molecule has 1 saturated heterocycles. The first kappa shape index (κ1) is 14.3. The molecule has 5 nitrogen and oxygen atoms in total. The molecule has 0 radical (unpaired) electrons. The normalized spacial score (nSPS) is 14.6. The number of benzene rings is 2. The number of hydrogen-bond acceptors (Lipinski definition) is 3. The molecule has 0 bridgehead atoms. The van der Waals surface area contributed by atoms with Crippen molar-refractivity contribution in [3.63, 3.8) is 0 Å². The van der Waals surface area contributed by atoms with Crippen LogP contribution in [0.2, 0.25) is 0 Å². The Labute approximate surface area is 145 Å². The minimum atomic E-state index is 0.561. The fourth-order valence-electron chi connectivity index (χ4n) is 3.15. The fraction of sp³-hybridized carbons (Fsp3) is 0.150. The second kappa shape index (κ2) is 5.79. The number of ether oxygens (including phenoxy) is 1. The lowest BCUT2D eigenvalue weighted by molar-refractivity contribution is 0.450. The number of aromatic nitrogens is 3. The highest BCUT2D eigenvalue weighted by Gasteiger charge is 2.23. The third-order valence-corrected chi connectivity index (χ3v) is 4.67. The summed E-state index contributed by atoms with van der Waals surface area (Å²) in [6.07, 6.45) is 4.10. The van der Waals surface area contributed by atoms with Crippen molar-refractivity contribution < 1.29 is 4.74 Å². The van der Waals surface area contributed by atoms with E-state index in [2.05, 4.69) is 16.6 Å². The highest BCUT2D eigenvalue weighted by Crippen LogP contribution is 2.28. The van der Waals surface area contributed by atoms with E-state index in [1.165, 1.54) is 5.56 Å². The average Bonchev–Trinajstić information content (AvgIpc) is 3.17. The van der Waals surface area contributed by atoms with Gasteiger partial charge in [0.2, 0.25) is 0 Å². The summed E-state index contributed by atoms with van der Waals surface area (Å²) in [5.74, 6) is 2.22. The van der Waals surface area contributed by atoms with E-state index in [0.29, 0.717) is 5.92 Å². The second-order valence-corrected chi connectivity index (χ2v) is 6.34. The molecule has 124 valence electrons. The Morgan fingerprint density at radius 3 is 2.44 bits per heavy atom. The van der Waals surface area contributed by atoms with E-state index in [0.717, 1.165) is 41.5 Å². The van der Waals surface area contributed by atoms with Crippen molar-refractivity contribution >= 4 is 5.65 Å². The Bertz CT molecular complexity index is 997. The summed E-state index contributed by atoms with van der Waals surface area (Å²) >= 11 is 0. The molecule has 2 aromatic heterocycles. The van der Waals surface area contributed by atoms with Crippen LogP contribution in [-0.4, -0.2) is 27.7 Å². The fourth-order valence-corrected chi connectivity index (χ4v) is 3.15. The average molecular weight is 330 g/mol. The minimum Gasteiger partial charge on any atom is -0.457 e. The van der Waals surface area contributed by atoms with Gasteiger partial charge in [0.05, 0.1) is 11.9 Å². The maximum absolute atomic E-state index is 5.85. The van der Waals surface area contributed by atoms with E-state index in [1.54, 1.807) is 0 Å². The molecule has 5 rings (SSSR count). The number of H-pyrrole nitrogens is 1. The van der Waals surface area contributed by atoms with Crippen LogP contribution in [0.15, 0.2) is 67.0 Å². The van der Waals surface area contributed by atoms with E-state index in [4.69, 9.17) is 9.72 Å². The van der Waals surface area contributed by atoms with Gasteiger partial charge in [0.1, 0.15) is 11.5 Å². The topological polar surface area (TPSA) is 54.4 Å². The molecule has 0 saturated carbocycles. The molecule has 1 aliphatic rings. The number of aromatic amines is 1. The summed E-state index contributed by atoms with van der Waals surface area (Å²) in [5.41, 5.74) is 4.35. The lowest BCUT2D eigenvalue weighted by atomic mass is 9.96. The zero-order valence-corrected chi connectivity index (χ0v) is 13.6. The summed E-state index contributed by atoms with van der Waals surface area (Å²) in [6, 6.07) is 17.8. The smallest absolute Gasteiger partial charge is 0.157 e.